The van der Waals surface area contributed by atoms with Crippen molar-refractivity contribution in [1.82, 2.24) is 0 Å². The Morgan fingerprint density at radius 1 is 0.935 bits per heavy atom. The first-order valence-electron chi connectivity index (χ1n) is 11.7. The van der Waals surface area contributed by atoms with Gasteiger partial charge in [-0.25, -0.2) is 0 Å². The monoisotopic (exact) mass is 415 g/mol. The molecule has 3 nitrogen and oxygen atoms in total. The number of para-hydroxylation sites is 1. The molecule has 1 fully saturated rings. The van der Waals surface area contributed by atoms with Gasteiger partial charge in [-0.1, -0.05) is 95.0 Å². The van der Waals surface area contributed by atoms with Gasteiger partial charge in [0.25, 0.3) is 0 Å². The molecule has 1 saturated carbocycles. The second-order valence-electron chi connectivity index (χ2n) is 9.19. The fourth-order valence-electron chi connectivity index (χ4n) is 4.84. The van der Waals surface area contributed by atoms with Crippen LogP contribution >= 0.6 is 0 Å². The molecule has 2 aromatic carbocycles. The van der Waals surface area contributed by atoms with Crippen LogP contribution in [0.3, 0.4) is 0 Å². The molecule has 0 aliphatic heterocycles. The Hall–Kier alpha value is -2.78. The average Bonchev–Trinajstić information content (AvgIpc) is 2.78. The van der Waals surface area contributed by atoms with Gasteiger partial charge in [0.2, 0.25) is 0 Å². The van der Waals surface area contributed by atoms with Crippen molar-refractivity contribution in [2.24, 2.45) is 11.3 Å². The molecule has 0 saturated heterocycles. The summed E-state index contributed by atoms with van der Waals surface area (Å²) in [6.07, 6.45) is 8.32. The molecular formula is C28H37N3. The zero-order valence-corrected chi connectivity index (χ0v) is 19.3. The first-order chi connectivity index (χ1) is 15.0. The van der Waals surface area contributed by atoms with Gasteiger partial charge in [-0.3, -0.25) is 0 Å². The lowest BCUT2D eigenvalue weighted by Crippen LogP contribution is -2.28. The highest BCUT2D eigenvalue weighted by Gasteiger charge is 2.37. The van der Waals surface area contributed by atoms with Crippen molar-refractivity contribution in [2.75, 3.05) is 5.73 Å². The Bertz CT molecular complexity index is 869. The van der Waals surface area contributed by atoms with Crippen molar-refractivity contribution < 1.29 is 0 Å². The second-order valence-corrected chi connectivity index (χ2v) is 9.19. The van der Waals surface area contributed by atoms with E-state index in [9.17, 15) is 5.26 Å². The summed E-state index contributed by atoms with van der Waals surface area (Å²) in [6.45, 7) is 6.56. The van der Waals surface area contributed by atoms with Gasteiger partial charge < -0.3 is 5.73 Å². The lowest BCUT2D eigenvalue weighted by Gasteiger charge is -2.38. The van der Waals surface area contributed by atoms with Crippen LogP contribution in [0.25, 0.3) is 0 Å². The second kappa shape index (κ2) is 12.2. The highest BCUT2D eigenvalue weighted by molar-refractivity contribution is 5.51. The van der Waals surface area contributed by atoms with Gasteiger partial charge in [0, 0.05) is 5.69 Å². The highest BCUT2D eigenvalue weighted by atomic mass is 14.6. The number of anilines is 1. The van der Waals surface area contributed by atoms with E-state index in [-0.39, 0.29) is 17.3 Å². The van der Waals surface area contributed by atoms with E-state index in [0.717, 1.165) is 42.5 Å². The van der Waals surface area contributed by atoms with Crippen LogP contribution in [0.15, 0.2) is 54.6 Å². The lowest BCUT2D eigenvalue weighted by molar-refractivity contribution is 0.195. The van der Waals surface area contributed by atoms with Crippen molar-refractivity contribution in [3.8, 4) is 12.1 Å². The number of hydrogen-bond donors (Lipinski definition) is 1. The van der Waals surface area contributed by atoms with E-state index < -0.39 is 0 Å². The smallest absolute Gasteiger partial charge is 0.0786 e. The standard InChI is InChI=1S/C15H20N2.C13H17N/c1-15(9-5-2-6-10-15)13(11-16)12-7-3-4-8-14(12)17;1-3-7-11(2)13(10-14)12-8-5-4-6-9-12/h3-4,7-8,13H,2,5-6,9-10,17H2,1H3;4-6,8-9,11,13H,3,7H2,1-2H3. The molecule has 0 amide bonds. The van der Waals surface area contributed by atoms with Gasteiger partial charge in [0.1, 0.15) is 0 Å². The maximum atomic E-state index is 9.52. The van der Waals surface area contributed by atoms with Crippen LogP contribution < -0.4 is 5.73 Å². The molecule has 1 aliphatic rings. The largest absolute Gasteiger partial charge is 0.398 e. The molecule has 3 atom stereocenters. The van der Waals surface area contributed by atoms with Crippen molar-refractivity contribution in [3.05, 3.63) is 65.7 Å². The van der Waals surface area contributed by atoms with Gasteiger partial charge in [-0.2, -0.15) is 10.5 Å². The molecule has 0 bridgehead atoms. The first kappa shape index (κ1) is 24.5. The molecule has 2 N–H and O–H groups in total. The highest BCUT2D eigenvalue weighted by Crippen LogP contribution is 2.47. The van der Waals surface area contributed by atoms with Crippen molar-refractivity contribution in [2.45, 2.75) is 77.6 Å². The van der Waals surface area contributed by atoms with Crippen LogP contribution in [-0.2, 0) is 0 Å². The third kappa shape index (κ3) is 6.60. The zero-order valence-electron chi connectivity index (χ0n) is 19.3. The quantitative estimate of drug-likeness (QED) is 0.494. The number of benzene rings is 2. The summed E-state index contributed by atoms with van der Waals surface area (Å²) in [5, 5.41) is 18.6. The van der Waals surface area contributed by atoms with Gasteiger partial charge in [0.15, 0.2) is 0 Å². The summed E-state index contributed by atoms with van der Waals surface area (Å²) in [4.78, 5) is 0. The molecule has 1 aliphatic carbocycles. The number of nitrogens with zero attached hydrogens (tertiary/aromatic N) is 2. The molecule has 3 unspecified atom stereocenters. The average molecular weight is 416 g/mol. The molecule has 2 aromatic rings. The Kier molecular flexibility index (Phi) is 9.61. The van der Waals surface area contributed by atoms with Gasteiger partial charge >= 0.3 is 0 Å². The first-order valence-corrected chi connectivity index (χ1v) is 11.7. The molecular weight excluding hydrogens is 378 g/mol. The van der Waals surface area contributed by atoms with Crippen molar-refractivity contribution in [3.63, 3.8) is 0 Å². The predicted octanol–water partition coefficient (Wildman–Crippen LogP) is 7.58. The summed E-state index contributed by atoms with van der Waals surface area (Å²) in [7, 11) is 0. The van der Waals surface area contributed by atoms with E-state index in [1.807, 2.05) is 54.6 Å². The van der Waals surface area contributed by atoms with Gasteiger partial charge in [-0.15, -0.1) is 0 Å². The Morgan fingerprint density at radius 3 is 2.10 bits per heavy atom. The maximum absolute atomic E-state index is 9.52. The van der Waals surface area contributed by atoms with Gasteiger partial charge in [-0.05, 0) is 47.8 Å². The fourth-order valence-corrected chi connectivity index (χ4v) is 4.84. The zero-order chi connectivity index (χ0) is 22.7. The maximum Gasteiger partial charge on any atom is 0.0786 e. The molecule has 0 heterocycles. The summed E-state index contributed by atoms with van der Waals surface area (Å²) in [6, 6.07) is 22.8. The lowest BCUT2D eigenvalue weighted by atomic mass is 9.65. The predicted molar refractivity (Wildman–Crippen MR) is 129 cm³/mol. The van der Waals surface area contributed by atoms with E-state index in [1.54, 1.807) is 0 Å². The normalized spacial score (nSPS) is 17.7. The minimum absolute atomic E-state index is 0.0520. The molecule has 0 radical (unpaired) electrons. The van der Waals surface area contributed by atoms with Crippen LogP contribution in [0.1, 0.15) is 88.7 Å². The molecule has 164 valence electrons. The molecule has 3 rings (SSSR count). The minimum Gasteiger partial charge on any atom is -0.398 e. The molecule has 0 spiro atoms. The van der Waals surface area contributed by atoms with Crippen LogP contribution in [-0.4, -0.2) is 0 Å². The fraction of sp³-hybridized carbons (Fsp3) is 0.500. The summed E-state index contributed by atoms with van der Waals surface area (Å²) >= 11 is 0. The SMILES string of the molecule is CC1(C(C#N)c2ccccc2N)CCCCC1.CCCC(C)C(C#N)c1ccccc1. The van der Waals surface area contributed by atoms with Crippen LogP contribution in [0, 0.1) is 34.0 Å². The minimum atomic E-state index is -0.0657. The third-order valence-electron chi connectivity index (χ3n) is 6.74. The third-order valence-corrected chi connectivity index (χ3v) is 6.74. The number of nitrogen functional groups attached to an aromatic ring is 1. The Labute approximate surface area is 188 Å². The van der Waals surface area contributed by atoms with Crippen LogP contribution in [0.2, 0.25) is 0 Å². The summed E-state index contributed by atoms with van der Waals surface area (Å²) in [5.74, 6) is 0.438. The van der Waals surface area contributed by atoms with E-state index in [0.29, 0.717) is 5.92 Å². The van der Waals surface area contributed by atoms with Crippen LogP contribution in [0.5, 0.6) is 0 Å². The van der Waals surface area contributed by atoms with Crippen molar-refractivity contribution in [1.29, 1.82) is 10.5 Å². The number of nitriles is 2. The Morgan fingerprint density at radius 2 is 1.55 bits per heavy atom. The van der Waals surface area contributed by atoms with Gasteiger partial charge in [0.05, 0.1) is 24.0 Å². The number of rotatable bonds is 6. The van der Waals surface area contributed by atoms with E-state index >= 15 is 0 Å². The van der Waals surface area contributed by atoms with E-state index in [2.05, 4.69) is 32.9 Å². The molecule has 31 heavy (non-hydrogen) atoms. The molecule has 0 aromatic heterocycles. The van der Waals surface area contributed by atoms with E-state index in [1.165, 1.54) is 19.3 Å². The molecule has 3 heteroatoms. The Balaban J connectivity index is 0.000000225. The van der Waals surface area contributed by atoms with Crippen LogP contribution in [0.4, 0.5) is 5.69 Å². The van der Waals surface area contributed by atoms with Crippen molar-refractivity contribution >= 4 is 5.69 Å². The summed E-state index contributed by atoms with van der Waals surface area (Å²) < 4.78 is 0. The summed E-state index contributed by atoms with van der Waals surface area (Å²) in [5.41, 5.74) is 9.03. The topological polar surface area (TPSA) is 73.6 Å². The number of nitrogens with two attached hydrogens (primary N) is 1. The van der Waals surface area contributed by atoms with E-state index in [4.69, 9.17) is 11.0 Å². The number of hydrogen-bond acceptors (Lipinski definition) is 3.